The molecule has 0 radical (unpaired) electrons. The van der Waals surface area contributed by atoms with E-state index in [4.69, 9.17) is 9.84 Å². The molecule has 124 valence electrons. The molecule has 24 heavy (non-hydrogen) atoms. The second kappa shape index (κ2) is 7.87. The molecule has 1 amide bonds. The van der Waals surface area contributed by atoms with Gasteiger partial charge in [0.1, 0.15) is 11.6 Å². The molecule has 2 aromatic carbocycles. The maximum atomic E-state index is 12.8. The van der Waals surface area contributed by atoms with E-state index >= 15 is 0 Å². The number of ether oxygens (including phenoxy) is 1. The zero-order valence-electron chi connectivity index (χ0n) is 12.8. The van der Waals surface area contributed by atoms with E-state index in [0.717, 1.165) is 0 Å². The Kier molecular flexibility index (Phi) is 5.62. The molecule has 0 aliphatic heterocycles. The minimum atomic E-state index is -1.05. The minimum absolute atomic E-state index is 0.292. The molecule has 2 rings (SSSR count). The Balaban J connectivity index is 1.91. The van der Waals surface area contributed by atoms with Crippen molar-refractivity contribution in [3.63, 3.8) is 0 Å². The lowest BCUT2D eigenvalue weighted by Gasteiger charge is -2.09. The second-order valence-electron chi connectivity index (χ2n) is 4.87. The molecule has 6 nitrogen and oxygen atoms in total. The summed E-state index contributed by atoms with van der Waals surface area (Å²) < 4.78 is 18.0. The quantitative estimate of drug-likeness (QED) is 0.629. The first-order valence-electron chi connectivity index (χ1n) is 7.04. The van der Waals surface area contributed by atoms with Gasteiger partial charge < -0.3 is 9.84 Å². The van der Waals surface area contributed by atoms with Crippen LogP contribution in [0.2, 0.25) is 0 Å². The van der Waals surface area contributed by atoms with Gasteiger partial charge in [0, 0.05) is 5.56 Å². The summed E-state index contributed by atoms with van der Waals surface area (Å²) in [7, 11) is 0. The summed E-state index contributed by atoms with van der Waals surface area (Å²) in [4.78, 5) is 22.5. The fourth-order valence-corrected chi connectivity index (χ4v) is 1.72. The van der Waals surface area contributed by atoms with Gasteiger partial charge in [-0.15, -0.1) is 0 Å². The molecule has 0 aliphatic carbocycles. The van der Waals surface area contributed by atoms with Crippen molar-refractivity contribution in [3.05, 3.63) is 65.5 Å². The fraction of sp³-hybridized carbons (Fsp3) is 0.118. The molecule has 1 atom stereocenters. The Bertz CT molecular complexity index is 742. The molecule has 0 aromatic heterocycles. The first-order valence-corrected chi connectivity index (χ1v) is 7.04. The molecular weight excluding hydrogens is 315 g/mol. The van der Waals surface area contributed by atoms with Gasteiger partial charge in [-0.25, -0.2) is 14.6 Å². The molecule has 0 unspecified atom stereocenters. The summed E-state index contributed by atoms with van der Waals surface area (Å²) >= 11 is 0. The number of benzene rings is 2. The Morgan fingerprint density at radius 1 is 1.17 bits per heavy atom. The monoisotopic (exact) mass is 330 g/mol. The van der Waals surface area contributed by atoms with Gasteiger partial charge in [-0.2, -0.15) is 5.10 Å². The SMILES string of the molecule is C[C@H](Oc1ccc(/C=N\NC(=O)c2ccc(F)cc2)cc1)C(=O)O. The van der Waals surface area contributed by atoms with Crippen LogP contribution < -0.4 is 10.2 Å². The number of hydrazone groups is 1. The topological polar surface area (TPSA) is 88.0 Å². The smallest absolute Gasteiger partial charge is 0.344 e. The predicted octanol–water partition coefficient (Wildman–Crippen LogP) is 2.44. The molecule has 7 heteroatoms. The number of nitrogens with zero attached hydrogens (tertiary/aromatic N) is 1. The highest BCUT2D eigenvalue weighted by Crippen LogP contribution is 2.13. The maximum absolute atomic E-state index is 12.8. The first kappa shape index (κ1) is 17.1. The van der Waals surface area contributed by atoms with Gasteiger partial charge in [-0.05, 0) is 61.0 Å². The van der Waals surface area contributed by atoms with Crippen LogP contribution in [-0.2, 0) is 4.79 Å². The van der Waals surface area contributed by atoms with Gasteiger partial charge in [0.05, 0.1) is 6.21 Å². The average molecular weight is 330 g/mol. The number of hydrogen-bond acceptors (Lipinski definition) is 4. The summed E-state index contributed by atoms with van der Waals surface area (Å²) in [6, 6.07) is 11.6. The lowest BCUT2D eigenvalue weighted by molar-refractivity contribution is -0.144. The van der Waals surface area contributed by atoms with Crippen LogP contribution in [0.1, 0.15) is 22.8 Å². The summed E-state index contributed by atoms with van der Waals surface area (Å²) in [5.41, 5.74) is 3.30. The van der Waals surface area contributed by atoms with Crippen molar-refractivity contribution in [1.29, 1.82) is 0 Å². The number of carboxylic acids is 1. The molecule has 2 N–H and O–H groups in total. The number of carbonyl (C=O) groups excluding carboxylic acids is 1. The number of nitrogens with one attached hydrogen (secondary N) is 1. The highest BCUT2D eigenvalue weighted by atomic mass is 19.1. The fourth-order valence-electron chi connectivity index (χ4n) is 1.72. The molecule has 0 bridgehead atoms. The van der Waals surface area contributed by atoms with Crippen molar-refractivity contribution in [2.45, 2.75) is 13.0 Å². The zero-order chi connectivity index (χ0) is 17.5. The number of halogens is 1. The zero-order valence-corrected chi connectivity index (χ0v) is 12.8. The molecule has 0 saturated carbocycles. The average Bonchev–Trinajstić information content (AvgIpc) is 2.56. The Morgan fingerprint density at radius 3 is 2.38 bits per heavy atom. The van der Waals surface area contributed by atoms with E-state index in [-0.39, 0.29) is 0 Å². The molecule has 0 spiro atoms. The van der Waals surface area contributed by atoms with Crippen molar-refractivity contribution in [2.24, 2.45) is 5.10 Å². The van der Waals surface area contributed by atoms with Crippen LogP contribution in [-0.4, -0.2) is 29.3 Å². The molecule has 2 aromatic rings. The lowest BCUT2D eigenvalue weighted by atomic mass is 10.2. The number of hydrogen-bond donors (Lipinski definition) is 2. The number of amides is 1. The lowest BCUT2D eigenvalue weighted by Crippen LogP contribution is -2.22. The van der Waals surface area contributed by atoms with Gasteiger partial charge in [-0.1, -0.05) is 0 Å². The predicted molar refractivity (Wildman–Crippen MR) is 85.6 cm³/mol. The molecule has 0 heterocycles. The Labute approximate surface area is 137 Å². The molecule has 0 saturated heterocycles. The normalized spacial score (nSPS) is 11.9. The largest absolute Gasteiger partial charge is 0.479 e. The van der Waals surface area contributed by atoms with Gasteiger partial charge in [0.2, 0.25) is 0 Å². The van der Waals surface area contributed by atoms with Crippen molar-refractivity contribution >= 4 is 18.1 Å². The Hall–Kier alpha value is -3.22. The van der Waals surface area contributed by atoms with E-state index in [1.54, 1.807) is 24.3 Å². The maximum Gasteiger partial charge on any atom is 0.344 e. The van der Waals surface area contributed by atoms with Crippen LogP contribution in [0.15, 0.2) is 53.6 Å². The highest BCUT2D eigenvalue weighted by Gasteiger charge is 2.11. The second-order valence-corrected chi connectivity index (χ2v) is 4.87. The first-order chi connectivity index (χ1) is 11.5. The van der Waals surface area contributed by atoms with Crippen LogP contribution in [0.3, 0.4) is 0 Å². The summed E-state index contributed by atoms with van der Waals surface area (Å²) in [6.07, 6.45) is 0.478. The summed E-state index contributed by atoms with van der Waals surface area (Å²) in [5.74, 6) is -1.52. The van der Waals surface area contributed by atoms with Gasteiger partial charge in [0.25, 0.3) is 5.91 Å². The van der Waals surface area contributed by atoms with Crippen LogP contribution >= 0.6 is 0 Å². The van der Waals surface area contributed by atoms with Crippen molar-refractivity contribution in [1.82, 2.24) is 5.43 Å². The van der Waals surface area contributed by atoms with E-state index in [9.17, 15) is 14.0 Å². The van der Waals surface area contributed by atoms with Crippen molar-refractivity contribution < 1.29 is 23.8 Å². The molecule has 0 aliphatic rings. The van der Waals surface area contributed by atoms with Gasteiger partial charge in [-0.3, -0.25) is 4.79 Å². The number of carboxylic acid groups (broad SMARTS) is 1. The van der Waals surface area contributed by atoms with Crippen LogP contribution in [0.25, 0.3) is 0 Å². The van der Waals surface area contributed by atoms with Gasteiger partial charge >= 0.3 is 5.97 Å². The van der Waals surface area contributed by atoms with E-state index < -0.39 is 23.8 Å². The summed E-state index contributed by atoms with van der Waals surface area (Å²) in [5, 5.41) is 12.6. The molecule has 0 fully saturated rings. The van der Waals surface area contributed by atoms with E-state index in [1.807, 2.05) is 0 Å². The van der Waals surface area contributed by atoms with Crippen molar-refractivity contribution in [3.8, 4) is 5.75 Å². The standard InChI is InChI=1S/C17H15FN2O4/c1-11(17(22)23)24-15-8-2-12(3-9-15)10-19-20-16(21)13-4-6-14(18)7-5-13/h2-11H,1H3,(H,20,21)(H,22,23)/b19-10-/t11-/m0/s1. The minimum Gasteiger partial charge on any atom is -0.479 e. The number of rotatable bonds is 6. The molecular formula is C17H15FN2O4. The summed E-state index contributed by atoms with van der Waals surface area (Å²) in [6.45, 7) is 1.43. The third-order valence-electron chi connectivity index (χ3n) is 3.03. The van der Waals surface area contributed by atoms with Crippen LogP contribution in [0.4, 0.5) is 4.39 Å². The van der Waals surface area contributed by atoms with E-state index in [2.05, 4.69) is 10.5 Å². The van der Waals surface area contributed by atoms with E-state index in [0.29, 0.717) is 16.9 Å². The van der Waals surface area contributed by atoms with Crippen molar-refractivity contribution in [2.75, 3.05) is 0 Å². The Morgan fingerprint density at radius 2 is 1.79 bits per heavy atom. The van der Waals surface area contributed by atoms with E-state index in [1.165, 1.54) is 37.4 Å². The van der Waals surface area contributed by atoms with Crippen LogP contribution in [0.5, 0.6) is 5.75 Å². The van der Waals surface area contributed by atoms with Gasteiger partial charge in [0.15, 0.2) is 6.10 Å². The third kappa shape index (κ3) is 4.91. The number of aliphatic carboxylic acids is 1. The third-order valence-corrected chi connectivity index (χ3v) is 3.03. The number of carbonyl (C=O) groups is 2. The highest BCUT2D eigenvalue weighted by molar-refractivity contribution is 5.94. The van der Waals surface area contributed by atoms with Crippen LogP contribution in [0, 0.1) is 5.82 Å².